The highest BCUT2D eigenvalue weighted by Gasteiger charge is 2.73. The molecule has 4 aliphatic rings. The van der Waals surface area contributed by atoms with E-state index < -0.39 is 0 Å². The van der Waals surface area contributed by atoms with Crippen LogP contribution in [0.5, 0.6) is 0 Å². The SMILES string of the molecule is O=C(CCl)C1C2CC3C(C2Br)C31. The van der Waals surface area contributed by atoms with E-state index in [4.69, 9.17) is 11.6 Å². The van der Waals surface area contributed by atoms with Gasteiger partial charge in [-0.1, -0.05) is 15.9 Å². The van der Waals surface area contributed by atoms with Crippen molar-refractivity contribution in [2.75, 3.05) is 5.88 Å². The van der Waals surface area contributed by atoms with Crippen molar-refractivity contribution in [2.24, 2.45) is 29.6 Å². The minimum absolute atomic E-state index is 0.219. The van der Waals surface area contributed by atoms with Crippen LogP contribution in [0.3, 0.4) is 0 Å². The topological polar surface area (TPSA) is 17.1 Å². The first kappa shape index (κ1) is 7.81. The zero-order valence-corrected chi connectivity index (χ0v) is 8.88. The van der Waals surface area contributed by atoms with Crippen LogP contribution in [-0.2, 0) is 4.79 Å². The number of Topliss-reactive ketones (excluding diaryl/α,β-unsaturated/α-hetero) is 1. The molecule has 0 radical (unpaired) electrons. The van der Waals surface area contributed by atoms with E-state index in [-0.39, 0.29) is 5.88 Å². The van der Waals surface area contributed by atoms with Gasteiger partial charge < -0.3 is 0 Å². The number of hydrogen-bond donors (Lipinski definition) is 0. The Balaban J connectivity index is 1.89. The zero-order valence-electron chi connectivity index (χ0n) is 6.54. The fourth-order valence-corrected chi connectivity index (χ4v) is 5.07. The van der Waals surface area contributed by atoms with Crippen LogP contribution >= 0.6 is 27.5 Å². The maximum atomic E-state index is 11.5. The monoisotopic (exact) mass is 248 g/mol. The summed E-state index contributed by atoms with van der Waals surface area (Å²) in [6.45, 7) is 0. The normalized spacial score (nSPS) is 59.2. The highest BCUT2D eigenvalue weighted by Crippen LogP contribution is 2.75. The van der Waals surface area contributed by atoms with Crippen molar-refractivity contribution >= 4 is 33.3 Å². The number of alkyl halides is 2. The highest BCUT2D eigenvalue weighted by molar-refractivity contribution is 9.09. The fourth-order valence-electron chi connectivity index (χ4n) is 3.60. The Morgan fingerprint density at radius 1 is 1.42 bits per heavy atom. The number of carbonyl (C=O) groups excluding carboxylic acids is 1. The fraction of sp³-hybridized carbons (Fsp3) is 0.889. The van der Waals surface area contributed by atoms with Crippen LogP contribution in [0, 0.1) is 29.6 Å². The predicted molar refractivity (Wildman–Crippen MR) is 50.5 cm³/mol. The van der Waals surface area contributed by atoms with E-state index in [9.17, 15) is 4.79 Å². The largest absolute Gasteiger partial charge is 0.298 e. The lowest BCUT2D eigenvalue weighted by molar-refractivity contribution is -0.121. The Labute approximate surface area is 85.0 Å². The molecule has 0 N–H and O–H groups in total. The van der Waals surface area contributed by atoms with Gasteiger partial charge in [0.15, 0.2) is 5.78 Å². The molecule has 12 heavy (non-hydrogen) atoms. The predicted octanol–water partition coefficient (Wildman–Crippen LogP) is 2.07. The van der Waals surface area contributed by atoms with E-state index in [1.165, 1.54) is 6.42 Å². The van der Waals surface area contributed by atoms with Gasteiger partial charge in [-0.3, -0.25) is 4.79 Å². The number of carbonyl (C=O) groups is 1. The molecule has 0 saturated heterocycles. The molecule has 3 heteroatoms. The Hall–Kier alpha value is 0.440. The first-order chi connectivity index (χ1) is 5.75. The standard InChI is InChI=1S/C9H10BrClO/c10-9-4-1-3-7(8(3)9)6(4)5(12)2-11/h3-4,6-9H,1-2H2. The summed E-state index contributed by atoms with van der Waals surface area (Å²) < 4.78 is 0. The van der Waals surface area contributed by atoms with Crippen LogP contribution in [0.25, 0.3) is 0 Å². The molecule has 1 nitrogen and oxygen atoms in total. The summed E-state index contributed by atoms with van der Waals surface area (Å²) in [7, 11) is 0. The van der Waals surface area contributed by atoms with Crippen LogP contribution in [0.1, 0.15) is 6.42 Å². The third-order valence-electron chi connectivity index (χ3n) is 3.99. The zero-order chi connectivity index (χ0) is 8.46. The van der Waals surface area contributed by atoms with Gasteiger partial charge >= 0.3 is 0 Å². The molecule has 0 aromatic rings. The molecule has 0 aromatic carbocycles. The molecule has 0 aliphatic heterocycles. The van der Waals surface area contributed by atoms with E-state index in [0.717, 1.165) is 11.8 Å². The first-order valence-electron chi connectivity index (χ1n) is 4.48. The van der Waals surface area contributed by atoms with Gasteiger partial charge in [-0.15, -0.1) is 11.6 Å². The molecule has 0 heterocycles. The molecular weight excluding hydrogens is 239 g/mol. The lowest BCUT2D eigenvalue weighted by Crippen LogP contribution is -2.21. The van der Waals surface area contributed by atoms with Gasteiger partial charge in [0.05, 0.1) is 5.88 Å². The number of ketones is 1. The third-order valence-corrected chi connectivity index (χ3v) is 5.55. The summed E-state index contributed by atoms with van der Waals surface area (Å²) >= 11 is 9.28. The lowest BCUT2D eigenvalue weighted by atomic mass is 9.94. The minimum Gasteiger partial charge on any atom is -0.298 e. The lowest BCUT2D eigenvalue weighted by Gasteiger charge is -2.13. The van der Waals surface area contributed by atoms with Gasteiger partial charge in [-0.2, -0.15) is 0 Å². The van der Waals surface area contributed by atoms with Gasteiger partial charge in [-0.05, 0) is 30.1 Å². The van der Waals surface area contributed by atoms with E-state index >= 15 is 0 Å². The molecule has 4 aliphatic carbocycles. The summed E-state index contributed by atoms with van der Waals surface area (Å²) in [5, 5.41) is 0. The van der Waals surface area contributed by atoms with Crippen molar-refractivity contribution in [3.63, 3.8) is 0 Å². The molecule has 66 valence electrons. The van der Waals surface area contributed by atoms with Crippen LogP contribution in [0.4, 0.5) is 0 Å². The maximum Gasteiger partial charge on any atom is 0.151 e. The van der Waals surface area contributed by atoms with Crippen LogP contribution < -0.4 is 0 Å². The van der Waals surface area contributed by atoms with Gasteiger partial charge in [-0.25, -0.2) is 0 Å². The number of rotatable bonds is 2. The summed E-state index contributed by atoms with van der Waals surface area (Å²) in [5.74, 6) is 3.86. The molecule has 0 amide bonds. The van der Waals surface area contributed by atoms with Crippen molar-refractivity contribution < 1.29 is 4.79 Å². The molecule has 4 saturated carbocycles. The van der Waals surface area contributed by atoms with E-state index in [1.54, 1.807) is 0 Å². The van der Waals surface area contributed by atoms with Crippen molar-refractivity contribution in [3.05, 3.63) is 0 Å². The Morgan fingerprint density at radius 3 is 2.50 bits per heavy atom. The van der Waals surface area contributed by atoms with Gasteiger partial charge in [0, 0.05) is 10.7 Å². The molecule has 6 unspecified atom stereocenters. The van der Waals surface area contributed by atoms with Crippen LogP contribution in [-0.4, -0.2) is 16.5 Å². The molecule has 4 rings (SSSR count). The molecule has 6 atom stereocenters. The van der Waals surface area contributed by atoms with Crippen molar-refractivity contribution in [1.29, 1.82) is 0 Å². The van der Waals surface area contributed by atoms with Crippen molar-refractivity contribution in [3.8, 4) is 0 Å². The molecular formula is C9H10BrClO. The second-order valence-corrected chi connectivity index (χ2v) is 5.61. The van der Waals surface area contributed by atoms with E-state index in [0.29, 0.717) is 28.4 Å². The Kier molecular flexibility index (Phi) is 1.48. The second kappa shape index (κ2) is 2.27. The highest BCUT2D eigenvalue weighted by atomic mass is 79.9. The van der Waals surface area contributed by atoms with Gasteiger partial charge in [0.25, 0.3) is 0 Å². The van der Waals surface area contributed by atoms with Gasteiger partial charge in [0.1, 0.15) is 0 Å². The molecule has 0 spiro atoms. The quantitative estimate of drug-likeness (QED) is 0.685. The second-order valence-electron chi connectivity index (χ2n) is 4.29. The van der Waals surface area contributed by atoms with Gasteiger partial charge in [0.2, 0.25) is 0 Å². The molecule has 4 bridgehead atoms. The first-order valence-corrected chi connectivity index (χ1v) is 5.93. The van der Waals surface area contributed by atoms with E-state index in [2.05, 4.69) is 15.9 Å². The van der Waals surface area contributed by atoms with Crippen molar-refractivity contribution in [1.82, 2.24) is 0 Å². The summed E-state index contributed by atoms with van der Waals surface area (Å²) in [6.07, 6.45) is 1.28. The average Bonchev–Trinajstić information content (AvgIpc) is 2.42. The summed E-state index contributed by atoms with van der Waals surface area (Å²) in [4.78, 5) is 12.1. The van der Waals surface area contributed by atoms with E-state index in [1.807, 2.05) is 0 Å². The smallest absolute Gasteiger partial charge is 0.151 e. The van der Waals surface area contributed by atoms with Crippen LogP contribution in [0.2, 0.25) is 0 Å². The summed E-state index contributed by atoms with van der Waals surface area (Å²) in [6, 6.07) is 0. The van der Waals surface area contributed by atoms with Crippen molar-refractivity contribution in [2.45, 2.75) is 11.2 Å². The third kappa shape index (κ3) is 0.701. The average molecular weight is 250 g/mol. The Morgan fingerprint density at radius 2 is 2.17 bits per heavy atom. The molecule has 4 fully saturated rings. The summed E-state index contributed by atoms with van der Waals surface area (Å²) in [5.41, 5.74) is 0. The maximum absolute atomic E-state index is 11.5. The number of halogens is 2. The minimum atomic E-state index is 0.219. The number of hydrogen-bond acceptors (Lipinski definition) is 1. The van der Waals surface area contributed by atoms with Crippen LogP contribution in [0.15, 0.2) is 0 Å². The molecule has 0 aromatic heterocycles. The Bertz CT molecular complexity index is 255.